The largest absolute Gasteiger partial charge is 0.398 e. The number of carbonyl (C=O) groups excluding carboxylic acids is 1. The molecule has 0 radical (unpaired) electrons. The van der Waals surface area contributed by atoms with Crippen LogP contribution in [0.1, 0.15) is 31.7 Å². The first kappa shape index (κ1) is 12.9. The van der Waals surface area contributed by atoms with E-state index in [9.17, 15) is 4.79 Å². The number of amides is 1. The van der Waals surface area contributed by atoms with Crippen LogP contribution in [0, 0.1) is 11.8 Å². The van der Waals surface area contributed by atoms with Gasteiger partial charge in [0.1, 0.15) is 0 Å². The summed E-state index contributed by atoms with van der Waals surface area (Å²) in [4.78, 5) is 11.8. The van der Waals surface area contributed by atoms with Gasteiger partial charge in [-0.15, -0.1) is 0 Å². The zero-order valence-electron chi connectivity index (χ0n) is 11.0. The first-order chi connectivity index (χ1) is 8.65. The maximum atomic E-state index is 11.8. The van der Waals surface area contributed by atoms with E-state index < -0.39 is 0 Å². The lowest BCUT2D eigenvalue weighted by Gasteiger charge is -2.11. The molecule has 0 heterocycles. The summed E-state index contributed by atoms with van der Waals surface area (Å²) in [5.41, 5.74) is 7.43. The van der Waals surface area contributed by atoms with Crippen molar-refractivity contribution in [3.63, 3.8) is 0 Å². The Bertz CT molecular complexity index is 417. The Hall–Kier alpha value is -1.51. The summed E-state index contributed by atoms with van der Waals surface area (Å²) < 4.78 is 0. The number of nitrogen functional groups attached to an aromatic ring is 1. The van der Waals surface area contributed by atoms with Crippen LogP contribution in [0.2, 0.25) is 0 Å². The monoisotopic (exact) mass is 246 g/mol. The predicted molar refractivity (Wildman–Crippen MR) is 74.1 cm³/mol. The molecule has 3 nitrogen and oxygen atoms in total. The highest BCUT2D eigenvalue weighted by Crippen LogP contribution is 2.29. The minimum Gasteiger partial charge on any atom is -0.398 e. The fourth-order valence-corrected chi connectivity index (χ4v) is 2.70. The standard InChI is InChI=1S/C15H22N2O/c1-11-6-7-12(8-11)10-17-15(18)9-13-4-2-3-5-14(13)16/h2-5,11-12H,6-10,16H2,1H3,(H,17,18). The fourth-order valence-electron chi connectivity index (χ4n) is 2.70. The number of rotatable bonds is 4. The molecule has 1 aliphatic rings. The summed E-state index contributed by atoms with van der Waals surface area (Å²) in [6.07, 6.45) is 4.17. The van der Waals surface area contributed by atoms with E-state index in [4.69, 9.17) is 5.73 Å². The molecular weight excluding hydrogens is 224 g/mol. The van der Waals surface area contributed by atoms with Crippen LogP contribution in [0.4, 0.5) is 5.69 Å². The Morgan fingerprint density at radius 3 is 2.83 bits per heavy atom. The van der Waals surface area contributed by atoms with Crippen LogP contribution in [0.25, 0.3) is 0 Å². The molecule has 0 bridgehead atoms. The molecule has 1 aromatic rings. The molecule has 0 aliphatic heterocycles. The van der Waals surface area contributed by atoms with Crippen LogP contribution in [0.15, 0.2) is 24.3 Å². The summed E-state index contributed by atoms with van der Waals surface area (Å²) >= 11 is 0. The predicted octanol–water partition coefficient (Wildman–Crippen LogP) is 2.36. The second-order valence-electron chi connectivity index (χ2n) is 5.46. The molecule has 0 saturated heterocycles. The zero-order chi connectivity index (χ0) is 13.0. The Balaban J connectivity index is 1.77. The van der Waals surface area contributed by atoms with Crippen LogP contribution in [0.3, 0.4) is 0 Å². The van der Waals surface area contributed by atoms with E-state index in [1.807, 2.05) is 24.3 Å². The van der Waals surface area contributed by atoms with Crippen molar-refractivity contribution in [1.82, 2.24) is 5.32 Å². The van der Waals surface area contributed by atoms with Crippen molar-refractivity contribution in [2.75, 3.05) is 12.3 Å². The average molecular weight is 246 g/mol. The van der Waals surface area contributed by atoms with Gasteiger partial charge in [-0.3, -0.25) is 4.79 Å². The molecular formula is C15H22N2O. The molecule has 3 heteroatoms. The van der Waals surface area contributed by atoms with Crippen LogP contribution >= 0.6 is 0 Å². The third kappa shape index (κ3) is 3.49. The highest BCUT2D eigenvalue weighted by Gasteiger charge is 2.21. The van der Waals surface area contributed by atoms with Crippen molar-refractivity contribution < 1.29 is 4.79 Å². The molecule has 2 unspecified atom stereocenters. The lowest BCUT2D eigenvalue weighted by Crippen LogP contribution is -2.29. The number of carbonyl (C=O) groups is 1. The van der Waals surface area contributed by atoms with Crippen molar-refractivity contribution in [1.29, 1.82) is 0 Å². The number of nitrogens with two attached hydrogens (primary N) is 1. The van der Waals surface area contributed by atoms with Gasteiger partial charge >= 0.3 is 0 Å². The molecule has 1 amide bonds. The van der Waals surface area contributed by atoms with Crippen molar-refractivity contribution in [2.45, 2.75) is 32.6 Å². The van der Waals surface area contributed by atoms with Gasteiger partial charge in [0.25, 0.3) is 0 Å². The van der Waals surface area contributed by atoms with Crippen molar-refractivity contribution in [3.8, 4) is 0 Å². The fraction of sp³-hybridized carbons (Fsp3) is 0.533. The third-order valence-electron chi connectivity index (χ3n) is 3.80. The number of para-hydroxylation sites is 1. The summed E-state index contributed by atoms with van der Waals surface area (Å²) in [6, 6.07) is 7.54. The molecule has 1 fully saturated rings. The molecule has 0 aromatic heterocycles. The summed E-state index contributed by atoms with van der Waals surface area (Å²) in [5.74, 6) is 1.56. The Kier molecular flexibility index (Phi) is 4.24. The second-order valence-corrected chi connectivity index (χ2v) is 5.46. The number of nitrogens with one attached hydrogen (secondary N) is 1. The quantitative estimate of drug-likeness (QED) is 0.801. The van der Waals surface area contributed by atoms with Crippen LogP contribution in [-0.4, -0.2) is 12.5 Å². The van der Waals surface area contributed by atoms with E-state index in [0.29, 0.717) is 18.0 Å². The Labute approximate surface area is 109 Å². The average Bonchev–Trinajstić information content (AvgIpc) is 2.76. The minimum absolute atomic E-state index is 0.0763. The van der Waals surface area contributed by atoms with E-state index in [0.717, 1.165) is 18.0 Å². The molecule has 98 valence electrons. The van der Waals surface area contributed by atoms with Gasteiger partial charge in [0.15, 0.2) is 0 Å². The molecule has 3 N–H and O–H groups in total. The van der Waals surface area contributed by atoms with Crippen LogP contribution in [-0.2, 0) is 11.2 Å². The third-order valence-corrected chi connectivity index (χ3v) is 3.80. The van der Waals surface area contributed by atoms with Crippen molar-refractivity contribution in [2.24, 2.45) is 11.8 Å². The van der Waals surface area contributed by atoms with Crippen molar-refractivity contribution >= 4 is 11.6 Å². The van der Waals surface area contributed by atoms with E-state index in [1.54, 1.807) is 0 Å². The van der Waals surface area contributed by atoms with Gasteiger partial charge in [0, 0.05) is 12.2 Å². The summed E-state index contributed by atoms with van der Waals surface area (Å²) in [5, 5.41) is 3.03. The van der Waals surface area contributed by atoms with Gasteiger partial charge in [-0.1, -0.05) is 31.5 Å². The molecule has 1 saturated carbocycles. The minimum atomic E-state index is 0.0763. The van der Waals surface area contributed by atoms with E-state index in [-0.39, 0.29) is 5.91 Å². The van der Waals surface area contributed by atoms with Gasteiger partial charge in [-0.05, 0) is 36.3 Å². The topological polar surface area (TPSA) is 55.1 Å². The number of anilines is 1. The van der Waals surface area contributed by atoms with Crippen LogP contribution in [0.5, 0.6) is 0 Å². The van der Waals surface area contributed by atoms with Gasteiger partial charge in [-0.2, -0.15) is 0 Å². The van der Waals surface area contributed by atoms with Crippen LogP contribution < -0.4 is 11.1 Å². The lowest BCUT2D eigenvalue weighted by atomic mass is 10.1. The first-order valence-electron chi connectivity index (χ1n) is 6.75. The van der Waals surface area contributed by atoms with E-state index in [2.05, 4.69) is 12.2 Å². The molecule has 1 aliphatic carbocycles. The highest BCUT2D eigenvalue weighted by atomic mass is 16.1. The highest BCUT2D eigenvalue weighted by molar-refractivity contribution is 5.80. The summed E-state index contributed by atoms with van der Waals surface area (Å²) in [6.45, 7) is 3.10. The van der Waals surface area contributed by atoms with Gasteiger partial charge in [0.05, 0.1) is 6.42 Å². The molecule has 2 atom stereocenters. The Morgan fingerprint density at radius 1 is 1.39 bits per heavy atom. The maximum Gasteiger partial charge on any atom is 0.224 e. The SMILES string of the molecule is CC1CCC(CNC(=O)Cc2ccccc2N)C1. The number of hydrogen-bond acceptors (Lipinski definition) is 2. The first-order valence-corrected chi connectivity index (χ1v) is 6.75. The molecule has 2 rings (SSSR count). The van der Waals surface area contributed by atoms with Gasteiger partial charge in [-0.25, -0.2) is 0 Å². The number of benzene rings is 1. The summed E-state index contributed by atoms with van der Waals surface area (Å²) in [7, 11) is 0. The molecule has 1 aromatic carbocycles. The zero-order valence-corrected chi connectivity index (χ0v) is 11.0. The molecule has 0 spiro atoms. The lowest BCUT2D eigenvalue weighted by molar-refractivity contribution is -0.120. The van der Waals surface area contributed by atoms with Gasteiger partial charge < -0.3 is 11.1 Å². The van der Waals surface area contributed by atoms with E-state index in [1.165, 1.54) is 19.3 Å². The number of hydrogen-bond donors (Lipinski definition) is 2. The smallest absolute Gasteiger partial charge is 0.224 e. The normalized spacial score (nSPS) is 22.9. The molecule has 18 heavy (non-hydrogen) atoms. The van der Waals surface area contributed by atoms with Crippen molar-refractivity contribution in [3.05, 3.63) is 29.8 Å². The van der Waals surface area contributed by atoms with E-state index >= 15 is 0 Å². The maximum absolute atomic E-state index is 11.8. The Morgan fingerprint density at radius 2 is 2.17 bits per heavy atom. The second kappa shape index (κ2) is 5.89. The van der Waals surface area contributed by atoms with Gasteiger partial charge in [0.2, 0.25) is 5.91 Å².